The van der Waals surface area contributed by atoms with Gasteiger partial charge in [-0.2, -0.15) is 0 Å². The number of carbonyl (C=O) groups is 1. The summed E-state index contributed by atoms with van der Waals surface area (Å²) < 4.78 is 0. The molecule has 2 aromatic heterocycles. The fourth-order valence-electron chi connectivity index (χ4n) is 3.02. The van der Waals surface area contributed by atoms with Crippen molar-refractivity contribution in [2.24, 2.45) is 0 Å². The zero-order valence-corrected chi connectivity index (χ0v) is 15.3. The molecule has 0 spiro atoms. The monoisotopic (exact) mass is 355 g/mol. The van der Waals surface area contributed by atoms with Gasteiger partial charge < -0.3 is 15.2 Å². The van der Waals surface area contributed by atoms with Crippen molar-refractivity contribution < 1.29 is 4.79 Å². The summed E-state index contributed by atoms with van der Waals surface area (Å²) in [5.74, 6) is 1.41. The summed E-state index contributed by atoms with van der Waals surface area (Å²) in [5.41, 5.74) is 1.95. The molecule has 2 aromatic rings. The Morgan fingerprint density at radius 1 is 1.23 bits per heavy atom. The Morgan fingerprint density at radius 2 is 2.00 bits per heavy atom. The maximum atomic E-state index is 12.1. The maximum absolute atomic E-state index is 12.1. The summed E-state index contributed by atoms with van der Waals surface area (Å²) in [6, 6.07) is 3.69. The van der Waals surface area contributed by atoms with Crippen LogP contribution < -0.4 is 10.9 Å². The van der Waals surface area contributed by atoms with E-state index in [9.17, 15) is 9.59 Å². The van der Waals surface area contributed by atoms with Crippen molar-refractivity contribution in [3.8, 4) is 11.4 Å². The molecule has 1 aliphatic heterocycles. The highest BCUT2D eigenvalue weighted by atomic mass is 16.2. The first-order valence-corrected chi connectivity index (χ1v) is 9.10. The average molecular weight is 355 g/mol. The lowest BCUT2D eigenvalue weighted by Crippen LogP contribution is -2.36. The first-order valence-electron chi connectivity index (χ1n) is 9.10. The van der Waals surface area contributed by atoms with E-state index in [1.165, 1.54) is 6.42 Å². The van der Waals surface area contributed by atoms with E-state index in [0.717, 1.165) is 31.5 Å². The van der Waals surface area contributed by atoms with Crippen LogP contribution in [0.25, 0.3) is 11.4 Å². The van der Waals surface area contributed by atoms with Crippen LogP contribution in [-0.4, -0.2) is 45.4 Å². The lowest BCUT2D eigenvalue weighted by molar-refractivity contribution is -0.131. The Balaban J connectivity index is 1.56. The van der Waals surface area contributed by atoms with Crippen LogP contribution >= 0.6 is 0 Å². The first-order chi connectivity index (χ1) is 12.5. The van der Waals surface area contributed by atoms with Crippen molar-refractivity contribution in [3.63, 3.8) is 0 Å². The third-order valence-corrected chi connectivity index (χ3v) is 4.79. The highest BCUT2D eigenvalue weighted by molar-refractivity contribution is 5.76. The van der Waals surface area contributed by atoms with Crippen LogP contribution in [0.2, 0.25) is 0 Å². The van der Waals surface area contributed by atoms with Gasteiger partial charge in [-0.3, -0.25) is 9.59 Å². The van der Waals surface area contributed by atoms with Gasteiger partial charge in [0.05, 0.1) is 0 Å². The number of likely N-dealkylation sites (tertiary alicyclic amines) is 1. The second-order valence-electron chi connectivity index (χ2n) is 6.68. The molecule has 1 fully saturated rings. The molecule has 1 aliphatic rings. The van der Waals surface area contributed by atoms with Gasteiger partial charge in [-0.25, -0.2) is 9.97 Å². The Hall–Kier alpha value is -2.70. The second-order valence-corrected chi connectivity index (χ2v) is 6.68. The van der Waals surface area contributed by atoms with Crippen molar-refractivity contribution in [1.29, 1.82) is 0 Å². The quantitative estimate of drug-likeness (QED) is 0.858. The van der Waals surface area contributed by atoms with Gasteiger partial charge in [-0.1, -0.05) is 0 Å². The van der Waals surface area contributed by atoms with Gasteiger partial charge in [0, 0.05) is 49.1 Å². The van der Waals surface area contributed by atoms with Gasteiger partial charge in [0.15, 0.2) is 0 Å². The molecule has 3 rings (SSSR count). The van der Waals surface area contributed by atoms with E-state index in [2.05, 4.69) is 20.3 Å². The zero-order chi connectivity index (χ0) is 18.5. The van der Waals surface area contributed by atoms with Crippen LogP contribution in [0.5, 0.6) is 0 Å². The number of nitrogens with one attached hydrogen (secondary N) is 2. The summed E-state index contributed by atoms with van der Waals surface area (Å²) in [4.78, 5) is 37.5. The third-order valence-electron chi connectivity index (χ3n) is 4.79. The van der Waals surface area contributed by atoms with Crippen molar-refractivity contribution in [2.75, 3.05) is 25.0 Å². The molecule has 7 heteroatoms. The predicted molar refractivity (Wildman–Crippen MR) is 101 cm³/mol. The molecule has 0 bridgehead atoms. The Bertz CT molecular complexity index is 823. The SMILES string of the molecule is Cc1nc(-c2ccc(NCCC(=O)N3CCCCC3)nc2)[nH]c(=O)c1C. The zero-order valence-electron chi connectivity index (χ0n) is 15.3. The van der Waals surface area contributed by atoms with Crippen LogP contribution in [0.3, 0.4) is 0 Å². The number of aromatic amines is 1. The predicted octanol–water partition coefficient (Wildman–Crippen LogP) is 2.26. The molecule has 1 saturated heterocycles. The number of aromatic nitrogens is 3. The lowest BCUT2D eigenvalue weighted by Gasteiger charge is -2.26. The highest BCUT2D eigenvalue weighted by Crippen LogP contribution is 2.15. The van der Waals surface area contributed by atoms with Gasteiger partial charge >= 0.3 is 0 Å². The van der Waals surface area contributed by atoms with E-state index in [1.54, 1.807) is 13.1 Å². The number of H-pyrrole nitrogens is 1. The number of carbonyl (C=O) groups excluding carboxylic acids is 1. The molecule has 138 valence electrons. The largest absolute Gasteiger partial charge is 0.370 e. The topological polar surface area (TPSA) is 91.0 Å². The van der Waals surface area contributed by atoms with Crippen molar-refractivity contribution in [1.82, 2.24) is 19.9 Å². The van der Waals surface area contributed by atoms with E-state index in [4.69, 9.17) is 0 Å². The number of anilines is 1. The number of hydrogen-bond donors (Lipinski definition) is 2. The smallest absolute Gasteiger partial charge is 0.254 e. The molecule has 0 saturated carbocycles. The molecular formula is C19H25N5O2. The van der Waals surface area contributed by atoms with Gasteiger partial charge in [0.2, 0.25) is 5.91 Å². The first kappa shape index (κ1) is 18.1. The summed E-state index contributed by atoms with van der Waals surface area (Å²) in [6.45, 7) is 5.89. The van der Waals surface area contributed by atoms with Gasteiger partial charge in [0.1, 0.15) is 11.6 Å². The van der Waals surface area contributed by atoms with Crippen LogP contribution in [0.15, 0.2) is 23.1 Å². The molecule has 0 atom stereocenters. The van der Waals surface area contributed by atoms with E-state index in [1.807, 2.05) is 24.0 Å². The van der Waals surface area contributed by atoms with Gasteiger partial charge in [0.25, 0.3) is 5.56 Å². The Kier molecular flexibility index (Phi) is 5.65. The molecular weight excluding hydrogens is 330 g/mol. The van der Waals surface area contributed by atoms with Crippen LogP contribution in [0.1, 0.15) is 36.9 Å². The summed E-state index contributed by atoms with van der Waals surface area (Å²) in [6.07, 6.45) is 5.57. The van der Waals surface area contributed by atoms with Crippen LogP contribution in [0, 0.1) is 13.8 Å². The van der Waals surface area contributed by atoms with E-state index < -0.39 is 0 Å². The normalized spacial score (nSPS) is 14.3. The number of hydrogen-bond acceptors (Lipinski definition) is 5. The fourth-order valence-corrected chi connectivity index (χ4v) is 3.02. The number of aryl methyl sites for hydroxylation is 1. The number of pyridine rings is 1. The number of piperidine rings is 1. The molecule has 1 amide bonds. The van der Waals surface area contributed by atoms with E-state index >= 15 is 0 Å². The molecule has 0 unspecified atom stereocenters. The number of rotatable bonds is 5. The van der Waals surface area contributed by atoms with Gasteiger partial charge in [-0.05, 0) is 45.2 Å². The number of amides is 1. The lowest BCUT2D eigenvalue weighted by atomic mass is 10.1. The van der Waals surface area contributed by atoms with Crippen molar-refractivity contribution in [3.05, 3.63) is 39.9 Å². The minimum absolute atomic E-state index is 0.133. The molecule has 7 nitrogen and oxygen atoms in total. The van der Waals surface area contributed by atoms with Crippen LogP contribution in [-0.2, 0) is 4.79 Å². The molecule has 0 aromatic carbocycles. The van der Waals surface area contributed by atoms with Gasteiger partial charge in [-0.15, -0.1) is 0 Å². The molecule has 3 heterocycles. The minimum Gasteiger partial charge on any atom is -0.370 e. The number of nitrogens with zero attached hydrogens (tertiary/aromatic N) is 3. The average Bonchev–Trinajstić information content (AvgIpc) is 2.67. The van der Waals surface area contributed by atoms with Crippen molar-refractivity contribution >= 4 is 11.7 Å². The Morgan fingerprint density at radius 3 is 2.65 bits per heavy atom. The maximum Gasteiger partial charge on any atom is 0.254 e. The van der Waals surface area contributed by atoms with Crippen LogP contribution in [0.4, 0.5) is 5.82 Å². The molecule has 2 N–H and O–H groups in total. The third kappa shape index (κ3) is 4.28. The van der Waals surface area contributed by atoms with E-state index in [0.29, 0.717) is 35.9 Å². The molecule has 0 radical (unpaired) electrons. The second kappa shape index (κ2) is 8.12. The molecule has 26 heavy (non-hydrogen) atoms. The highest BCUT2D eigenvalue weighted by Gasteiger charge is 2.15. The van der Waals surface area contributed by atoms with E-state index in [-0.39, 0.29) is 11.5 Å². The summed E-state index contributed by atoms with van der Waals surface area (Å²) in [7, 11) is 0. The standard InChI is InChI=1S/C19H25N5O2/c1-13-14(2)22-18(23-19(13)26)15-6-7-16(21-12-15)20-9-8-17(25)24-10-4-3-5-11-24/h6-7,12H,3-5,8-11H2,1-2H3,(H,20,21)(H,22,23,26). The molecule has 0 aliphatic carbocycles. The fraction of sp³-hybridized carbons (Fsp3) is 0.474. The summed E-state index contributed by atoms with van der Waals surface area (Å²) in [5, 5.41) is 3.17. The van der Waals surface area contributed by atoms with Crippen molar-refractivity contribution in [2.45, 2.75) is 39.5 Å². The summed E-state index contributed by atoms with van der Waals surface area (Å²) >= 11 is 0. The Labute approximate surface area is 152 Å². The minimum atomic E-state index is -0.133.